The molecular formula is C14H18Cl2N2O2. The van der Waals surface area contributed by atoms with E-state index in [1.54, 1.807) is 0 Å². The van der Waals surface area contributed by atoms with Crippen LogP contribution in [0.1, 0.15) is 29.6 Å². The van der Waals surface area contributed by atoms with Gasteiger partial charge in [-0.25, -0.2) is 0 Å². The van der Waals surface area contributed by atoms with Gasteiger partial charge in [0.15, 0.2) is 0 Å². The summed E-state index contributed by atoms with van der Waals surface area (Å²) in [7, 11) is 0. The number of benzene rings is 1. The number of nitrogens with one attached hydrogen (secondary N) is 1. The second-order valence-electron chi connectivity index (χ2n) is 4.98. The lowest BCUT2D eigenvalue weighted by atomic mass is 10.2. The molecule has 1 aliphatic carbocycles. The average Bonchev–Trinajstić information content (AvgIpc) is 3.23. The molecule has 0 radical (unpaired) electrons. The van der Waals surface area contributed by atoms with Crippen molar-refractivity contribution in [2.24, 2.45) is 5.92 Å². The van der Waals surface area contributed by atoms with Gasteiger partial charge in [0, 0.05) is 25.3 Å². The first kappa shape index (κ1) is 15.4. The Morgan fingerprint density at radius 1 is 1.35 bits per heavy atom. The molecule has 1 saturated carbocycles. The smallest absolute Gasteiger partial charge is 0.251 e. The molecule has 110 valence electrons. The minimum absolute atomic E-state index is 0.212. The Kier molecular flexibility index (Phi) is 5.52. The maximum Gasteiger partial charge on any atom is 0.251 e. The first-order valence-corrected chi connectivity index (χ1v) is 7.44. The number of amides is 1. The predicted molar refractivity (Wildman–Crippen MR) is 81.4 cm³/mol. The molecule has 0 atom stereocenters. The molecule has 0 heterocycles. The van der Waals surface area contributed by atoms with Crippen molar-refractivity contribution in [1.29, 1.82) is 0 Å². The van der Waals surface area contributed by atoms with E-state index >= 15 is 0 Å². The highest BCUT2D eigenvalue weighted by molar-refractivity contribution is 6.39. The van der Waals surface area contributed by atoms with Gasteiger partial charge in [-0.2, -0.15) is 0 Å². The molecule has 0 aliphatic heterocycles. The summed E-state index contributed by atoms with van der Waals surface area (Å²) < 4.78 is 5.49. The van der Waals surface area contributed by atoms with Crippen molar-refractivity contribution in [3.63, 3.8) is 0 Å². The minimum atomic E-state index is -0.212. The quantitative estimate of drug-likeness (QED) is 0.600. The van der Waals surface area contributed by atoms with Crippen LogP contribution in [0, 0.1) is 5.92 Å². The Hall–Kier alpha value is -0.970. The number of rotatable bonds is 7. The topological polar surface area (TPSA) is 64.4 Å². The van der Waals surface area contributed by atoms with Crippen molar-refractivity contribution in [3.05, 3.63) is 27.7 Å². The number of halogens is 2. The summed E-state index contributed by atoms with van der Waals surface area (Å²) in [6.07, 6.45) is 3.36. The van der Waals surface area contributed by atoms with Crippen molar-refractivity contribution in [2.45, 2.75) is 19.3 Å². The molecule has 1 fully saturated rings. The highest BCUT2D eigenvalue weighted by Gasteiger charge is 2.20. The van der Waals surface area contributed by atoms with Crippen LogP contribution in [0.5, 0.6) is 0 Å². The highest BCUT2D eigenvalue weighted by atomic mass is 35.5. The summed E-state index contributed by atoms with van der Waals surface area (Å²) in [5.41, 5.74) is 6.32. The molecule has 6 heteroatoms. The summed E-state index contributed by atoms with van der Waals surface area (Å²) in [6, 6.07) is 3.03. The third-order valence-electron chi connectivity index (χ3n) is 3.14. The van der Waals surface area contributed by atoms with E-state index in [0.29, 0.717) is 24.4 Å². The van der Waals surface area contributed by atoms with Crippen molar-refractivity contribution in [1.82, 2.24) is 5.32 Å². The molecule has 0 bridgehead atoms. The normalized spacial score (nSPS) is 14.3. The SMILES string of the molecule is Nc1c(Cl)cc(C(=O)NCCCOCC2CC2)cc1Cl. The Morgan fingerprint density at radius 2 is 2.00 bits per heavy atom. The van der Waals surface area contributed by atoms with E-state index in [4.69, 9.17) is 33.7 Å². The number of hydrogen-bond acceptors (Lipinski definition) is 3. The van der Waals surface area contributed by atoms with Crippen LogP contribution in [0.15, 0.2) is 12.1 Å². The van der Waals surface area contributed by atoms with Crippen molar-refractivity contribution in [2.75, 3.05) is 25.5 Å². The summed E-state index contributed by atoms with van der Waals surface area (Å²) >= 11 is 11.8. The molecule has 0 spiro atoms. The molecule has 4 nitrogen and oxygen atoms in total. The highest BCUT2D eigenvalue weighted by Crippen LogP contribution is 2.29. The van der Waals surface area contributed by atoms with Crippen LogP contribution >= 0.6 is 23.2 Å². The lowest BCUT2D eigenvalue weighted by Gasteiger charge is -2.08. The molecule has 20 heavy (non-hydrogen) atoms. The van der Waals surface area contributed by atoms with Gasteiger partial charge in [-0.1, -0.05) is 23.2 Å². The van der Waals surface area contributed by atoms with Crippen LogP contribution in [0.4, 0.5) is 5.69 Å². The van der Waals surface area contributed by atoms with E-state index in [-0.39, 0.29) is 16.0 Å². The summed E-state index contributed by atoms with van der Waals surface area (Å²) in [6.45, 7) is 2.07. The van der Waals surface area contributed by atoms with Gasteiger partial charge in [-0.05, 0) is 37.3 Å². The van der Waals surface area contributed by atoms with Gasteiger partial charge in [-0.15, -0.1) is 0 Å². The standard InChI is InChI=1S/C14H18Cl2N2O2/c15-11-6-10(7-12(16)13(11)17)14(19)18-4-1-5-20-8-9-2-3-9/h6-7,9H,1-5,8,17H2,(H,18,19). The molecule has 1 aliphatic rings. The monoisotopic (exact) mass is 316 g/mol. The number of carbonyl (C=O) groups is 1. The molecule has 1 aromatic rings. The largest absolute Gasteiger partial charge is 0.396 e. The molecule has 2 rings (SSSR count). The average molecular weight is 317 g/mol. The second kappa shape index (κ2) is 7.16. The first-order chi connectivity index (χ1) is 9.58. The maximum atomic E-state index is 11.9. The van der Waals surface area contributed by atoms with Gasteiger partial charge in [0.1, 0.15) is 0 Å². The van der Waals surface area contributed by atoms with Crippen molar-refractivity contribution >= 4 is 34.8 Å². The minimum Gasteiger partial charge on any atom is -0.396 e. The van der Waals surface area contributed by atoms with E-state index in [0.717, 1.165) is 18.9 Å². The zero-order chi connectivity index (χ0) is 14.5. The Balaban J connectivity index is 1.71. The Morgan fingerprint density at radius 3 is 2.60 bits per heavy atom. The summed E-state index contributed by atoms with van der Waals surface area (Å²) in [4.78, 5) is 11.9. The fraction of sp³-hybridized carbons (Fsp3) is 0.500. The number of nitrogen functional groups attached to an aromatic ring is 1. The van der Waals surface area contributed by atoms with E-state index < -0.39 is 0 Å². The summed E-state index contributed by atoms with van der Waals surface area (Å²) in [5, 5.41) is 3.37. The van der Waals surface area contributed by atoms with Crippen LogP contribution in [-0.4, -0.2) is 25.7 Å². The number of hydrogen-bond donors (Lipinski definition) is 2. The number of nitrogens with two attached hydrogens (primary N) is 1. The third-order valence-corrected chi connectivity index (χ3v) is 3.77. The van der Waals surface area contributed by atoms with Crippen LogP contribution in [-0.2, 0) is 4.74 Å². The maximum absolute atomic E-state index is 11.9. The third kappa shape index (κ3) is 4.54. The van der Waals surface area contributed by atoms with Crippen LogP contribution in [0.3, 0.4) is 0 Å². The van der Waals surface area contributed by atoms with Crippen LogP contribution < -0.4 is 11.1 Å². The first-order valence-electron chi connectivity index (χ1n) is 6.68. The van der Waals surface area contributed by atoms with Gasteiger partial charge in [0.05, 0.1) is 15.7 Å². The molecule has 1 aromatic carbocycles. The zero-order valence-electron chi connectivity index (χ0n) is 11.1. The molecular weight excluding hydrogens is 299 g/mol. The second-order valence-corrected chi connectivity index (χ2v) is 5.80. The predicted octanol–water partition coefficient (Wildman–Crippen LogP) is 3.12. The molecule has 1 amide bonds. The van der Waals surface area contributed by atoms with Gasteiger partial charge in [0.2, 0.25) is 0 Å². The van der Waals surface area contributed by atoms with Crippen molar-refractivity contribution < 1.29 is 9.53 Å². The molecule has 3 N–H and O–H groups in total. The van der Waals surface area contributed by atoms with Crippen molar-refractivity contribution in [3.8, 4) is 0 Å². The van der Waals surface area contributed by atoms with E-state index in [1.165, 1.54) is 25.0 Å². The fourth-order valence-electron chi connectivity index (χ4n) is 1.73. The molecule has 0 saturated heterocycles. The number of ether oxygens (including phenoxy) is 1. The number of carbonyl (C=O) groups excluding carboxylic acids is 1. The molecule has 0 unspecified atom stereocenters. The Labute approximate surface area is 128 Å². The van der Waals surface area contributed by atoms with Gasteiger partial charge in [0.25, 0.3) is 5.91 Å². The van der Waals surface area contributed by atoms with E-state index in [1.807, 2.05) is 0 Å². The summed E-state index contributed by atoms with van der Waals surface area (Å²) in [5.74, 6) is 0.555. The molecule has 0 aromatic heterocycles. The van der Waals surface area contributed by atoms with Crippen LogP contribution in [0.25, 0.3) is 0 Å². The lowest BCUT2D eigenvalue weighted by Crippen LogP contribution is -2.25. The lowest BCUT2D eigenvalue weighted by molar-refractivity contribution is 0.0937. The van der Waals surface area contributed by atoms with Gasteiger partial charge < -0.3 is 15.8 Å². The number of anilines is 1. The fourth-order valence-corrected chi connectivity index (χ4v) is 2.22. The zero-order valence-corrected chi connectivity index (χ0v) is 12.6. The van der Waals surface area contributed by atoms with E-state index in [9.17, 15) is 4.79 Å². The van der Waals surface area contributed by atoms with E-state index in [2.05, 4.69) is 5.32 Å². The Bertz CT molecular complexity index is 467. The van der Waals surface area contributed by atoms with Gasteiger partial charge in [-0.3, -0.25) is 4.79 Å². The van der Waals surface area contributed by atoms with Crippen LogP contribution in [0.2, 0.25) is 10.0 Å². The van der Waals surface area contributed by atoms with Gasteiger partial charge >= 0.3 is 0 Å².